The number of carbonyl (C=O) groups excluding carboxylic acids is 1. The summed E-state index contributed by atoms with van der Waals surface area (Å²) in [5, 5.41) is 0.0472. The molecule has 2 aromatic rings. The number of imidazole rings is 1. The van der Waals surface area contributed by atoms with Crippen LogP contribution >= 0.6 is 27.5 Å². The van der Waals surface area contributed by atoms with Crippen molar-refractivity contribution in [2.75, 3.05) is 0 Å². The number of nitrogens with one attached hydrogen (secondary N) is 1. The van der Waals surface area contributed by atoms with Gasteiger partial charge >= 0.3 is 0 Å². The molecule has 0 aliphatic heterocycles. The number of carbonyl (C=O) groups is 1. The molecule has 82 valence electrons. The fourth-order valence-electron chi connectivity index (χ4n) is 1.26. The van der Waals surface area contributed by atoms with Gasteiger partial charge in [-0.1, -0.05) is 17.7 Å². The van der Waals surface area contributed by atoms with Crippen LogP contribution in [0.2, 0.25) is 5.02 Å². The summed E-state index contributed by atoms with van der Waals surface area (Å²) in [6.07, 6.45) is 0.584. The second-order valence-electron chi connectivity index (χ2n) is 3.03. The molecule has 1 aromatic carbocycles. The summed E-state index contributed by atoms with van der Waals surface area (Å²) in [6.45, 7) is 0. The van der Waals surface area contributed by atoms with E-state index in [9.17, 15) is 9.18 Å². The van der Waals surface area contributed by atoms with Gasteiger partial charge < -0.3 is 4.98 Å². The zero-order chi connectivity index (χ0) is 11.7. The Morgan fingerprint density at radius 3 is 2.81 bits per heavy atom. The number of aromatic nitrogens is 2. The monoisotopic (exact) mass is 302 g/mol. The second-order valence-corrected chi connectivity index (χ2v) is 4.23. The largest absolute Gasteiger partial charge is 0.330 e. The third kappa shape index (κ3) is 2.01. The van der Waals surface area contributed by atoms with Crippen LogP contribution in [0.3, 0.4) is 0 Å². The van der Waals surface area contributed by atoms with Gasteiger partial charge in [0.1, 0.15) is 16.1 Å². The van der Waals surface area contributed by atoms with E-state index in [0.29, 0.717) is 22.1 Å². The van der Waals surface area contributed by atoms with Crippen LogP contribution in [0, 0.1) is 5.82 Å². The molecule has 0 radical (unpaired) electrons. The fraction of sp³-hybridized carbons (Fsp3) is 0. The summed E-state index contributed by atoms with van der Waals surface area (Å²) >= 11 is 8.77. The van der Waals surface area contributed by atoms with Crippen molar-refractivity contribution >= 4 is 33.8 Å². The van der Waals surface area contributed by atoms with E-state index in [1.165, 1.54) is 12.1 Å². The van der Waals surface area contributed by atoms with Crippen molar-refractivity contribution in [3.05, 3.63) is 39.5 Å². The highest BCUT2D eigenvalue weighted by Crippen LogP contribution is 2.28. The summed E-state index contributed by atoms with van der Waals surface area (Å²) in [6, 6.07) is 4.33. The number of H-pyrrole nitrogens is 1. The minimum atomic E-state index is -0.526. The van der Waals surface area contributed by atoms with Gasteiger partial charge in [0.05, 0.1) is 5.02 Å². The van der Waals surface area contributed by atoms with Crippen LogP contribution in [0.25, 0.3) is 11.3 Å². The van der Waals surface area contributed by atoms with Crippen molar-refractivity contribution in [3.8, 4) is 11.3 Å². The Morgan fingerprint density at radius 1 is 1.50 bits per heavy atom. The van der Waals surface area contributed by atoms with Crippen molar-refractivity contribution in [1.29, 1.82) is 0 Å². The lowest BCUT2D eigenvalue weighted by atomic mass is 10.2. The van der Waals surface area contributed by atoms with E-state index < -0.39 is 5.82 Å². The molecule has 0 aliphatic carbocycles. The Hall–Kier alpha value is -1.20. The van der Waals surface area contributed by atoms with E-state index in [1.807, 2.05) is 0 Å². The number of nitrogens with zero attached hydrogens (tertiary/aromatic N) is 1. The Bertz CT molecular complexity index is 556. The molecule has 0 atom stereocenters. The molecular weight excluding hydrogens is 298 g/mol. The number of halogens is 3. The molecule has 0 unspecified atom stereocenters. The van der Waals surface area contributed by atoms with Crippen LogP contribution in [0.4, 0.5) is 4.39 Å². The SMILES string of the molecule is O=Cc1nc(-c2ccc(Cl)c(F)c2)c(Br)[nH]1. The molecule has 0 bridgehead atoms. The van der Waals surface area contributed by atoms with Crippen LogP contribution in [-0.4, -0.2) is 16.3 Å². The first kappa shape index (κ1) is 11.3. The lowest BCUT2D eigenvalue weighted by Crippen LogP contribution is -1.84. The minimum Gasteiger partial charge on any atom is -0.330 e. The van der Waals surface area contributed by atoms with E-state index in [-0.39, 0.29) is 10.8 Å². The lowest BCUT2D eigenvalue weighted by Gasteiger charge is -1.99. The van der Waals surface area contributed by atoms with E-state index in [0.717, 1.165) is 0 Å². The van der Waals surface area contributed by atoms with Gasteiger partial charge in [-0.3, -0.25) is 4.79 Å². The number of benzene rings is 1. The minimum absolute atomic E-state index is 0.0472. The summed E-state index contributed by atoms with van der Waals surface area (Å²) in [4.78, 5) is 17.2. The molecule has 0 amide bonds. The summed E-state index contributed by atoms with van der Waals surface area (Å²) in [5.74, 6) is -0.348. The fourth-order valence-corrected chi connectivity index (χ4v) is 1.90. The molecule has 1 heterocycles. The number of hydrogen-bond acceptors (Lipinski definition) is 2. The van der Waals surface area contributed by atoms with Gasteiger partial charge in [-0.25, -0.2) is 9.37 Å². The van der Waals surface area contributed by atoms with Gasteiger partial charge in [0.15, 0.2) is 12.1 Å². The Labute approximate surface area is 104 Å². The normalized spacial score (nSPS) is 10.4. The van der Waals surface area contributed by atoms with Crippen molar-refractivity contribution < 1.29 is 9.18 Å². The van der Waals surface area contributed by atoms with E-state index in [2.05, 4.69) is 25.9 Å². The predicted molar refractivity (Wildman–Crippen MR) is 62.1 cm³/mol. The molecule has 2 rings (SSSR count). The molecule has 16 heavy (non-hydrogen) atoms. The molecule has 0 saturated carbocycles. The van der Waals surface area contributed by atoms with Crippen LogP contribution in [0.5, 0.6) is 0 Å². The highest BCUT2D eigenvalue weighted by Gasteiger charge is 2.11. The molecule has 0 fully saturated rings. The van der Waals surface area contributed by atoms with Crippen molar-refractivity contribution in [3.63, 3.8) is 0 Å². The average Bonchev–Trinajstić information content (AvgIpc) is 2.64. The highest BCUT2D eigenvalue weighted by molar-refractivity contribution is 9.10. The molecule has 1 N–H and O–H groups in total. The Balaban J connectivity index is 2.53. The molecule has 3 nitrogen and oxygen atoms in total. The molecule has 0 aliphatic rings. The van der Waals surface area contributed by atoms with E-state index in [1.54, 1.807) is 6.07 Å². The average molecular weight is 304 g/mol. The van der Waals surface area contributed by atoms with Crippen LogP contribution in [-0.2, 0) is 0 Å². The molecular formula is C10H5BrClFN2O. The maximum atomic E-state index is 13.2. The Morgan fingerprint density at radius 2 is 2.25 bits per heavy atom. The molecule has 0 saturated heterocycles. The lowest BCUT2D eigenvalue weighted by molar-refractivity contribution is 0.111. The first-order chi connectivity index (χ1) is 7.61. The third-order valence-electron chi connectivity index (χ3n) is 1.98. The van der Waals surface area contributed by atoms with E-state index >= 15 is 0 Å². The Kier molecular flexibility index (Phi) is 3.07. The summed E-state index contributed by atoms with van der Waals surface area (Å²) in [7, 11) is 0. The zero-order valence-electron chi connectivity index (χ0n) is 7.80. The maximum Gasteiger partial charge on any atom is 0.185 e. The van der Waals surface area contributed by atoms with Gasteiger partial charge in [-0.2, -0.15) is 0 Å². The first-order valence-corrected chi connectivity index (χ1v) is 5.45. The number of aromatic amines is 1. The van der Waals surface area contributed by atoms with Crippen molar-refractivity contribution in [2.45, 2.75) is 0 Å². The van der Waals surface area contributed by atoms with E-state index in [4.69, 9.17) is 11.6 Å². The van der Waals surface area contributed by atoms with Crippen molar-refractivity contribution in [2.24, 2.45) is 0 Å². The predicted octanol–water partition coefficient (Wildman–Crippen LogP) is 3.44. The molecule has 1 aromatic heterocycles. The smallest absolute Gasteiger partial charge is 0.185 e. The van der Waals surface area contributed by atoms with Gasteiger partial charge in [0.25, 0.3) is 0 Å². The standard InChI is InChI=1S/C10H5BrClFN2O/c11-10-9(14-8(4-16)15-10)5-1-2-6(12)7(13)3-5/h1-4H,(H,14,15). The zero-order valence-corrected chi connectivity index (χ0v) is 10.1. The highest BCUT2D eigenvalue weighted by atomic mass is 79.9. The molecule has 6 heteroatoms. The number of hydrogen-bond donors (Lipinski definition) is 1. The van der Waals surface area contributed by atoms with Crippen LogP contribution in [0.15, 0.2) is 22.8 Å². The van der Waals surface area contributed by atoms with Gasteiger partial charge in [0, 0.05) is 5.56 Å². The van der Waals surface area contributed by atoms with Crippen LogP contribution < -0.4 is 0 Å². The molecule has 0 spiro atoms. The topological polar surface area (TPSA) is 45.8 Å². The first-order valence-electron chi connectivity index (χ1n) is 4.28. The van der Waals surface area contributed by atoms with Gasteiger partial charge in [0.2, 0.25) is 0 Å². The third-order valence-corrected chi connectivity index (χ3v) is 2.86. The van der Waals surface area contributed by atoms with Crippen molar-refractivity contribution in [1.82, 2.24) is 9.97 Å². The number of aldehydes is 1. The summed E-state index contributed by atoms with van der Waals surface area (Å²) < 4.78 is 13.8. The summed E-state index contributed by atoms with van der Waals surface area (Å²) in [5.41, 5.74) is 1.01. The van der Waals surface area contributed by atoms with Crippen LogP contribution in [0.1, 0.15) is 10.6 Å². The van der Waals surface area contributed by atoms with Gasteiger partial charge in [-0.05, 0) is 28.1 Å². The van der Waals surface area contributed by atoms with Gasteiger partial charge in [-0.15, -0.1) is 0 Å². The maximum absolute atomic E-state index is 13.2. The second kappa shape index (κ2) is 4.35. The quantitative estimate of drug-likeness (QED) is 0.864. The number of rotatable bonds is 2.